The van der Waals surface area contributed by atoms with Crippen LogP contribution in [0.5, 0.6) is 5.75 Å². The molecule has 4 nitrogen and oxygen atoms in total. The van der Waals surface area contributed by atoms with E-state index < -0.39 is 12.8 Å². The molecule has 114 valence electrons. The van der Waals surface area contributed by atoms with Gasteiger partial charge < -0.3 is 10.1 Å². The van der Waals surface area contributed by atoms with Gasteiger partial charge in [0.25, 0.3) is 0 Å². The van der Waals surface area contributed by atoms with E-state index in [1.54, 1.807) is 25.1 Å². The zero-order valence-electron chi connectivity index (χ0n) is 11.6. The molecular weight excluding hydrogens is 285 g/mol. The van der Waals surface area contributed by atoms with Crippen molar-refractivity contribution in [2.75, 3.05) is 13.7 Å². The highest BCUT2D eigenvalue weighted by Gasteiger charge is 2.28. The van der Waals surface area contributed by atoms with Crippen molar-refractivity contribution in [3.05, 3.63) is 35.9 Å². The van der Waals surface area contributed by atoms with Crippen molar-refractivity contribution in [3.63, 3.8) is 0 Å². The van der Waals surface area contributed by atoms with Crippen LogP contribution in [0.3, 0.4) is 0 Å². The van der Waals surface area contributed by atoms with Gasteiger partial charge in [0.1, 0.15) is 11.6 Å². The summed E-state index contributed by atoms with van der Waals surface area (Å²) in [4.78, 5) is 14.2. The van der Waals surface area contributed by atoms with Gasteiger partial charge in [0, 0.05) is 7.05 Å². The molecule has 1 aromatic carbocycles. The molecular formula is C14H15F3N2O2. The van der Waals surface area contributed by atoms with Crippen LogP contribution in [-0.4, -0.2) is 32.1 Å². The molecule has 0 aliphatic carbocycles. The Kier molecular flexibility index (Phi) is 5.95. The predicted molar refractivity (Wildman–Crippen MR) is 74.2 cm³/mol. The monoisotopic (exact) mass is 300 g/mol. The number of amidine groups is 1. The van der Waals surface area contributed by atoms with Gasteiger partial charge in [-0.15, -0.1) is 0 Å². The van der Waals surface area contributed by atoms with Crippen molar-refractivity contribution in [1.82, 2.24) is 5.32 Å². The molecule has 0 fully saturated rings. The number of carbonyl (C=O) groups is 1. The number of aliphatic imine (C=N–C) groups is 1. The lowest BCUT2D eigenvalue weighted by Crippen LogP contribution is -2.19. The molecule has 0 heterocycles. The molecule has 1 aromatic rings. The highest BCUT2D eigenvalue weighted by atomic mass is 19.4. The molecule has 1 rings (SSSR count). The predicted octanol–water partition coefficient (Wildman–Crippen LogP) is 2.81. The van der Waals surface area contributed by atoms with Crippen molar-refractivity contribution >= 4 is 17.8 Å². The third kappa shape index (κ3) is 6.11. The Bertz CT molecular complexity index is 551. The molecule has 0 aliphatic heterocycles. The summed E-state index contributed by atoms with van der Waals surface area (Å²) in [5.41, 5.74) is 1.39. The molecule has 1 amide bonds. The summed E-state index contributed by atoms with van der Waals surface area (Å²) < 4.78 is 41.0. The molecule has 1 N–H and O–H groups in total. The number of hydrogen-bond donors (Lipinski definition) is 1. The van der Waals surface area contributed by atoms with E-state index in [1.807, 2.05) is 0 Å². The van der Waals surface area contributed by atoms with Gasteiger partial charge in [-0.1, -0.05) is 12.1 Å². The minimum atomic E-state index is -4.38. The van der Waals surface area contributed by atoms with Crippen LogP contribution in [0.15, 0.2) is 35.3 Å². The van der Waals surface area contributed by atoms with E-state index in [1.165, 1.54) is 19.2 Å². The van der Waals surface area contributed by atoms with Crippen molar-refractivity contribution in [1.29, 1.82) is 0 Å². The number of benzene rings is 1. The first-order chi connectivity index (χ1) is 9.85. The van der Waals surface area contributed by atoms with E-state index in [-0.39, 0.29) is 5.75 Å². The van der Waals surface area contributed by atoms with Crippen LogP contribution in [0.25, 0.3) is 5.57 Å². The summed E-state index contributed by atoms with van der Waals surface area (Å²) in [6.07, 6.45) is -2.27. The zero-order chi connectivity index (χ0) is 15.9. The van der Waals surface area contributed by atoms with E-state index in [0.29, 0.717) is 17.8 Å². The van der Waals surface area contributed by atoms with Gasteiger partial charge >= 0.3 is 6.18 Å². The molecule has 0 aromatic heterocycles. The Balaban J connectivity index is 2.88. The summed E-state index contributed by atoms with van der Waals surface area (Å²) in [5.74, 6) is 0.472. The highest BCUT2D eigenvalue weighted by molar-refractivity contribution is 6.03. The van der Waals surface area contributed by atoms with E-state index in [4.69, 9.17) is 0 Å². The fourth-order valence-corrected chi connectivity index (χ4v) is 1.52. The summed E-state index contributed by atoms with van der Waals surface area (Å²) in [6, 6.07) is 6.25. The van der Waals surface area contributed by atoms with E-state index in [0.717, 1.165) is 5.57 Å². The SMILES string of the molecule is C/N=C(\C=C(/C)c1cccc(OCC(F)(F)F)c1)NC=O. The van der Waals surface area contributed by atoms with Gasteiger partial charge in [-0.25, -0.2) is 0 Å². The van der Waals surface area contributed by atoms with Gasteiger partial charge in [0.15, 0.2) is 6.61 Å². The second-order valence-corrected chi connectivity index (χ2v) is 4.13. The van der Waals surface area contributed by atoms with Crippen LogP contribution >= 0.6 is 0 Å². The summed E-state index contributed by atoms with van der Waals surface area (Å²) in [7, 11) is 1.51. The third-order valence-electron chi connectivity index (χ3n) is 2.49. The van der Waals surface area contributed by atoms with Gasteiger partial charge in [0.05, 0.1) is 0 Å². The second-order valence-electron chi connectivity index (χ2n) is 4.13. The normalized spacial score (nSPS) is 13.0. The number of nitrogens with zero attached hydrogens (tertiary/aromatic N) is 1. The lowest BCUT2D eigenvalue weighted by molar-refractivity contribution is -0.153. The summed E-state index contributed by atoms with van der Waals surface area (Å²) >= 11 is 0. The molecule has 0 unspecified atom stereocenters. The molecule has 0 aliphatic rings. The average Bonchev–Trinajstić information content (AvgIpc) is 2.44. The average molecular weight is 300 g/mol. The Morgan fingerprint density at radius 3 is 2.71 bits per heavy atom. The number of halogens is 3. The molecule has 0 atom stereocenters. The first-order valence-electron chi connectivity index (χ1n) is 6.01. The second kappa shape index (κ2) is 7.47. The quantitative estimate of drug-likeness (QED) is 0.516. The summed E-state index contributed by atoms with van der Waals surface area (Å²) in [6.45, 7) is 0.411. The number of amides is 1. The standard InChI is InChI=1S/C14H15F3N2O2/c1-10(6-13(18-2)19-9-20)11-4-3-5-12(7-11)21-8-14(15,16)17/h3-7,9H,8H2,1-2H3,(H,18,19,20)/b10-6+. The van der Waals surface area contributed by atoms with Crippen LogP contribution in [0.4, 0.5) is 13.2 Å². The van der Waals surface area contributed by atoms with Gasteiger partial charge in [-0.05, 0) is 36.3 Å². The Morgan fingerprint density at radius 1 is 1.43 bits per heavy atom. The number of allylic oxidation sites excluding steroid dienone is 1. The number of alkyl halides is 3. The van der Waals surface area contributed by atoms with Crippen molar-refractivity contribution < 1.29 is 22.7 Å². The fourth-order valence-electron chi connectivity index (χ4n) is 1.52. The maximum atomic E-state index is 12.1. The van der Waals surface area contributed by atoms with Crippen molar-refractivity contribution in [3.8, 4) is 5.75 Å². The molecule has 7 heteroatoms. The topological polar surface area (TPSA) is 50.7 Å². The largest absolute Gasteiger partial charge is 0.484 e. The zero-order valence-corrected chi connectivity index (χ0v) is 11.6. The maximum absolute atomic E-state index is 12.1. The molecule has 0 bridgehead atoms. The highest BCUT2D eigenvalue weighted by Crippen LogP contribution is 2.22. The van der Waals surface area contributed by atoms with Gasteiger partial charge in [-0.2, -0.15) is 13.2 Å². The fraction of sp³-hybridized carbons (Fsp3) is 0.286. The Hall–Kier alpha value is -2.31. The first-order valence-corrected chi connectivity index (χ1v) is 6.01. The van der Waals surface area contributed by atoms with Crippen LogP contribution in [0, 0.1) is 0 Å². The minimum absolute atomic E-state index is 0.121. The van der Waals surface area contributed by atoms with Crippen molar-refractivity contribution in [2.45, 2.75) is 13.1 Å². The Labute approximate surface area is 120 Å². The van der Waals surface area contributed by atoms with Crippen molar-refractivity contribution in [2.24, 2.45) is 4.99 Å². The lowest BCUT2D eigenvalue weighted by Gasteiger charge is -2.10. The molecule has 0 saturated carbocycles. The van der Waals surface area contributed by atoms with Crippen LogP contribution < -0.4 is 10.1 Å². The number of nitrogens with one attached hydrogen (secondary N) is 1. The summed E-state index contributed by atoms with van der Waals surface area (Å²) in [5, 5.41) is 2.41. The van der Waals surface area contributed by atoms with E-state index in [2.05, 4.69) is 15.0 Å². The van der Waals surface area contributed by atoms with Gasteiger partial charge in [0.2, 0.25) is 6.41 Å². The molecule has 0 radical (unpaired) electrons. The van der Waals surface area contributed by atoms with E-state index in [9.17, 15) is 18.0 Å². The maximum Gasteiger partial charge on any atom is 0.422 e. The smallest absolute Gasteiger partial charge is 0.422 e. The Morgan fingerprint density at radius 2 is 2.14 bits per heavy atom. The van der Waals surface area contributed by atoms with Crippen LogP contribution in [-0.2, 0) is 4.79 Å². The molecule has 0 saturated heterocycles. The number of rotatable bonds is 5. The van der Waals surface area contributed by atoms with E-state index >= 15 is 0 Å². The number of hydrogen-bond acceptors (Lipinski definition) is 3. The van der Waals surface area contributed by atoms with Crippen LogP contribution in [0.2, 0.25) is 0 Å². The van der Waals surface area contributed by atoms with Gasteiger partial charge in [-0.3, -0.25) is 9.79 Å². The number of carbonyl (C=O) groups excluding carboxylic acids is 1. The lowest BCUT2D eigenvalue weighted by atomic mass is 10.1. The molecule has 0 spiro atoms. The number of ether oxygens (including phenoxy) is 1. The third-order valence-corrected chi connectivity index (χ3v) is 2.49. The molecule has 21 heavy (non-hydrogen) atoms. The van der Waals surface area contributed by atoms with Crippen LogP contribution in [0.1, 0.15) is 12.5 Å². The minimum Gasteiger partial charge on any atom is -0.484 e. The first kappa shape index (κ1) is 16.7.